The summed E-state index contributed by atoms with van der Waals surface area (Å²) in [6.07, 6.45) is 0. The molecule has 0 aliphatic heterocycles. The third kappa shape index (κ3) is 2.63. The second kappa shape index (κ2) is 4.22. The first-order valence-electron chi connectivity index (χ1n) is 4.26. The molecule has 0 aromatic carbocycles. The lowest BCUT2D eigenvalue weighted by molar-refractivity contribution is 0.379. The summed E-state index contributed by atoms with van der Waals surface area (Å²) in [6.45, 7) is 2.17. The van der Waals surface area contributed by atoms with Crippen molar-refractivity contribution < 1.29 is 4.52 Å². The fourth-order valence-corrected chi connectivity index (χ4v) is 1.09. The number of nitrogens with zero attached hydrogens (tertiary/aromatic N) is 4. The number of nitrogens with one attached hydrogen (secondary N) is 1. The topological polar surface area (TPSA) is 76.7 Å². The van der Waals surface area contributed by atoms with Gasteiger partial charge in [0.1, 0.15) is 5.82 Å². The molecule has 0 atom stereocenters. The van der Waals surface area contributed by atoms with Gasteiger partial charge in [-0.15, -0.1) is 10.2 Å². The average Bonchev–Trinajstić information content (AvgIpc) is 2.64. The molecule has 15 heavy (non-hydrogen) atoms. The summed E-state index contributed by atoms with van der Waals surface area (Å²) < 4.78 is 4.91. The second-order valence-electron chi connectivity index (χ2n) is 2.83. The molecular formula is C8H8ClN5O. The summed E-state index contributed by atoms with van der Waals surface area (Å²) in [5, 5.41) is 14.5. The fraction of sp³-hybridized carbons (Fsp3) is 0.250. The SMILES string of the molecule is Cc1noc(CNc2ccc(Cl)nn2)n1. The Hall–Kier alpha value is -1.69. The van der Waals surface area contributed by atoms with Gasteiger partial charge in [0.15, 0.2) is 11.0 Å². The predicted octanol–water partition coefficient (Wildman–Crippen LogP) is 1.43. The van der Waals surface area contributed by atoms with Crippen molar-refractivity contribution in [2.45, 2.75) is 13.5 Å². The molecule has 7 heteroatoms. The Morgan fingerprint density at radius 1 is 1.40 bits per heavy atom. The molecule has 0 aliphatic carbocycles. The van der Waals surface area contributed by atoms with Crippen LogP contribution in [0.4, 0.5) is 5.82 Å². The number of anilines is 1. The first kappa shape index (κ1) is 9.85. The molecule has 0 saturated carbocycles. The van der Waals surface area contributed by atoms with Gasteiger partial charge in [-0.3, -0.25) is 0 Å². The number of hydrogen-bond donors (Lipinski definition) is 1. The van der Waals surface area contributed by atoms with E-state index in [0.29, 0.717) is 29.2 Å². The highest BCUT2D eigenvalue weighted by Crippen LogP contribution is 2.07. The molecule has 2 rings (SSSR count). The zero-order chi connectivity index (χ0) is 10.7. The van der Waals surface area contributed by atoms with Crippen LogP contribution in [-0.2, 0) is 6.54 Å². The molecule has 0 amide bonds. The Bertz CT molecular complexity index is 441. The average molecular weight is 226 g/mol. The van der Waals surface area contributed by atoms with Gasteiger partial charge in [0.25, 0.3) is 0 Å². The van der Waals surface area contributed by atoms with Gasteiger partial charge in [0, 0.05) is 0 Å². The van der Waals surface area contributed by atoms with Crippen LogP contribution in [0.5, 0.6) is 0 Å². The summed E-state index contributed by atoms with van der Waals surface area (Å²) in [4.78, 5) is 4.03. The van der Waals surface area contributed by atoms with Gasteiger partial charge in [-0.05, 0) is 19.1 Å². The Labute approximate surface area is 90.7 Å². The summed E-state index contributed by atoms with van der Waals surface area (Å²) in [6, 6.07) is 3.37. The lowest BCUT2D eigenvalue weighted by Gasteiger charge is -1.99. The highest BCUT2D eigenvalue weighted by atomic mass is 35.5. The Morgan fingerprint density at radius 2 is 2.27 bits per heavy atom. The molecular weight excluding hydrogens is 218 g/mol. The van der Waals surface area contributed by atoms with Crippen molar-refractivity contribution in [1.29, 1.82) is 0 Å². The van der Waals surface area contributed by atoms with Crippen LogP contribution in [0.2, 0.25) is 5.15 Å². The molecule has 2 heterocycles. The number of halogens is 1. The van der Waals surface area contributed by atoms with Crippen molar-refractivity contribution in [2.24, 2.45) is 0 Å². The quantitative estimate of drug-likeness (QED) is 0.852. The Morgan fingerprint density at radius 3 is 2.87 bits per heavy atom. The van der Waals surface area contributed by atoms with Crippen molar-refractivity contribution in [1.82, 2.24) is 20.3 Å². The van der Waals surface area contributed by atoms with E-state index in [4.69, 9.17) is 16.1 Å². The maximum atomic E-state index is 5.59. The van der Waals surface area contributed by atoms with E-state index in [2.05, 4.69) is 25.7 Å². The minimum absolute atomic E-state index is 0.356. The predicted molar refractivity (Wildman–Crippen MR) is 53.4 cm³/mol. The molecule has 0 bridgehead atoms. The van der Waals surface area contributed by atoms with Crippen molar-refractivity contribution in [3.8, 4) is 0 Å². The van der Waals surface area contributed by atoms with Gasteiger partial charge in [0.05, 0.1) is 6.54 Å². The third-order valence-corrected chi connectivity index (χ3v) is 1.82. The van der Waals surface area contributed by atoms with E-state index < -0.39 is 0 Å². The molecule has 0 saturated heterocycles. The van der Waals surface area contributed by atoms with Gasteiger partial charge >= 0.3 is 0 Å². The van der Waals surface area contributed by atoms with Crippen LogP contribution in [0.1, 0.15) is 11.7 Å². The van der Waals surface area contributed by atoms with E-state index >= 15 is 0 Å². The number of aromatic nitrogens is 4. The van der Waals surface area contributed by atoms with Crippen LogP contribution in [0.3, 0.4) is 0 Å². The van der Waals surface area contributed by atoms with Gasteiger partial charge in [0.2, 0.25) is 5.89 Å². The molecule has 2 aromatic heterocycles. The van der Waals surface area contributed by atoms with Crippen LogP contribution < -0.4 is 5.32 Å². The van der Waals surface area contributed by atoms with E-state index in [1.54, 1.807) is 19.1 Å². The van der Waals surface area contributed by atoms with E-state index in [9.17, 15) is 0 Å². The summed E-state index contributed by atoms with van der Waals surface area (Å²) >= 11 is 5.59. The number of hydrogen-bond acceptors (Lipinski definition) is 6. The molecule has 0 aliphatic rings. The Balaban J connectivity index is 1.96. The lowest BCUT2D eigenvalue weighted by atomic mass is 10.5. The molecule has 6 nitrogen and oxygen atoms in total. The third-order valence-electron chi connectivity index (χ3n) is 1.62. The lowest BCUT2D eigenvalue weighted by Crippen LogP contribution is -2.02. The van der Waals surface area contributed by atoms with Crippen LogP contribution in [-0.4, -0.2) is 20.3 Å². The molecule has 0 radical (unpaired) electrons. The normalized spacial score (nSPS) is 10.3. The van der Waals surface area contributed by atoms with Crippen LogP contribution in [0.25, 0.3) is 0 Å². The van der Waals surface area contributed by atoms with E-state index in [0.717, 1.165) is 0 Å². The Kier molecular flexibility index (Phi) is 2.77. The van der Waals surface area contributed by atoms with Crippen molar-refractivity contribution in [2.75, 3.05) is 5.32 Å². The van der Waals surface area contributed by atoms with E-state index in [-0.39, 0.29) is 0 Å². The van der Waals surface area contributed by atoms with E-state index in [1.165, 1.54) is 0 Å². The monoisotopic (exact) mass is 225 g/mol. The smallest absolute Gasteiger partial charge is 0.245 e. The first-order chi connectivity index (χ1) is 7.24. The molecule has 78 valence electrons. The highest BCUT2D eigenvalue weighted by Gasteiger charge is 2.02. The number of aryl methyl sites for hydroxylation is 1. The van der Waals surface area contributed by atoms with Gasteiger partial charge < -0.3 is 9.84 Å². The van der Waals surface area contributed by atoms with Crippen molar-refractivity contribution in [3.63, 3.8) is 0 Å². The van der Waals surface area contributed by atoms with Crippen molar-refractivity contribution >= 4 is 17.4 Å². The second-order valence-corrected chi connectivity index (χ2v) is 3.22. The largest absolute Gasteiger partial charge is 0.359 e. The zero-order valence-electron chi connectivity index (χ0n) is 7.94. The van der Waals surface area contributed by atoms with Crippen molar-refractivity contribution in [3.05, 3.63) is 29.0 Å². The van der Waals surface area contributed by atoms with Gasteiger partial charge in [-0.2, -0.15) is 4.98 Å². The molecule has 0 fully saturated rings. The van der Waals surface area contributed by atoms with Gasteiger partial charge in [-0.25, -0.2) is 0 Å². The standard InChI is InChI=1S/C8H8ClN5O/c1-5-11-8(15-14-5)4-10-7-3-2-6(9)12-13-7/h2-3H,4H2,1H3,(H,10,13). The highest BCUT2D eigenvalue weighted by molar-refractivity contribution is 6.29. The van der Waals surface area contributed by atoms with Crippen LogP contribution in [0, 0.1) is 6.92 Å². The first-order valence-corrected chi connectivity index (χ1v) is 4.64. The molecule has 0 unspecified atom stereocenters. The zero-order valence-corrected chi connectivity index (χ0v) is 8.69. The molecule has 1 N–H and O–H groups in total. The fourth-order valence-electron chi connectivity index (χ4n) is 0.988. The maximum Gasteiger partial charge on any atom is 0.245 e. The van der Waals surface area contributed by atoms with Gasteiger partial charge in [-0.1, -0.05) is 16.8 Å². The van der Waals surface area contributed by atoms with Crippen LogP contribution >= 0.6 is 11.6 Å². The number of rotatable bonds is 3. The minimum atomic E-state index is 0.356. The minimum Gasteiger partial charge on any atom is -0.359 e. The molecule has 2 aromatic rings. The summed E-state index contributed by atoms with van der Waals surface area (Å²) in [5.74, 6) is 1.72. The van der Waals surface area contributed by atoms with Crippen LogP contribution in [0.15, 0.2) is 16.7 Å². The molecule has 0 spiro atoms. The summed E-state index contributed by atoms with van der Waals surface area (Å²) in [7, 11) is 0. The maximum absolute atomic E-state index is 5.59. The summed E-state index contributed by atoms with van der Waals surface area (Å²) in [5.41, 5.74) is 0. The van der Waals surface area contributed by atoms with E-state index in [1.807, 2.05) is 0 Å².